The van der Waals surface area contributed by atoms with E-state index in [-0.39, 0.29) is 11.6 Å². The Morgan fingerprint density at radius 3 is 3.00 bits per heavy atom. The summed E-state index contributed by atoms with van der Waals surface area (Å²) >= 11 is 0. The molecule has 2 aromatic heterocycles. The fourth-order valence-electron chi connectivity index (χ4n) is 4.02. The number of H-pyrrole nitrogens is 1. The number of nitrogens with zero attached hydrogens (tertiary/aromatic N) is 3. The molecule has 0 radical (unpaired) electrons. The molecule has 1 aliphatic heterocycles. The fourth-order valence-corrected chi connectivity index (χ4v) is 4.02. The first kappa shape index (κ1) is 18.8. The maximum atomic E-state index is 8.71. The molecule has 1 fully saturated rings. The van der Waals surface area contributed by atoms with E-state index < -0.39 is 0 Å². The van der Waals surface area contributed by atoms with E-state index in [1.54, 1.807) is 12.3 Å². The second kappa shape index (κ2) is 7.44. The van der Waals surface area contributed by atoms with Gasteiger partial charge in [-0.1, -0.05) is 18.7 Å². The Bertz CT molecular complexity index is 1130. The molecule has 0 saturated carbocycles. The van der Waals surface area contributed by atoms with Crippen molar-refractivity contribution in [3.63, 3.8) is 0 Å². The van der Waals surface area contributed by atoms with E-state index in [2.05, 4.69) is 41.0 Å². The summed E-state index contributed by atoms with van der Waals surface area (Å²) in [5.41, 5.74) is 4.90. The van der Waals surface area contributed by atoms with Crippen LogP contribution in [-0.4, -0.2) is 26.5 Å². The monoisotopic (exact) mass is 384 g/mol. The number of hydrogen-bond acceptors (Lipinski definition) is 5. The topological polar surface area (TPSA) is 89.4 Å². The van der Waals surface area contributed by atoms with Crippen molar-refractivity contribution in [2.75, 3.05) is 5.32 Å². The number of benzene rings is 1. The highest BCUT2D eigenvalue weighted by molar-refractivity contribution is 5.95. The van der Waals surface area contributed by atoms with Crippen LogP contribution >= 0.6 is 0 Å². The second-order valence-electron chi connectivity index (χ2n) is 8.10. The summed E-state index contributed by atoms with van der Waals surface area (Å²) in [5, 5.41) is 16.7. The molecule has 3 aromatic rings. The zero-order chi connectivity index (χ0) is 20.4. The number of aromatic nitrogens is 3. The number of nitriles is 1. The first-order chi connectivity index (χ1) is 13.9. The summed E-state index contributed by atoms with van der Waals surface area (Å²) < 4.78 is 0. The van der Waals surface area contributed by atoms with Crippen LogP contribution in [0.15, 0.2) is 55.0 Å². The van der Waals surface area contributed by atoms with Crippen molar-refractivity contribution in [1.82, 2.24) is 20.3 Å². The molecule has 3 N–H and O–H groups in total. The third-order valence-electron chi connectivity index (χ3n) is 5.09. The fraction of sp³-hybridized carbons (Fsp3) is 0.261. The van der Waals surface area contributed by atoms with Gasteiger partial charge >= 0.3 is 0 Å². The molecule has 6 heteroatoms. The van der Waals surface area contributed by atoms with E-state index in [0.717, 1.165) is 46.3 Å². The van der Waals surface area contributed by atoms with E-state index in [4.69, 9.17) is 10.2 Å². The van der Waals surface area contributed by atoms with Crippen molar-refractivity contribution in [3.05, 3.63) is 60.6 Å². The Morgan fingerprint density at radius 1 is 1.34 bits per heavy atom. The van der Waals surface area contributed by atoms with Crippen LogP contribution in [0.25, 0.3) is 28.2 Å². The zero-order valence-corrected chi connectivity index (χ0v) is 16.7. The van der Waals surface area contributed by atoms with Crippen LogP contribution < -0.4 is 10.6 Å². The number of hydrogen-bond donors (Lipinski definition) is 3. The Morgan fingerprint density at radius 2 is 2.21 bits per heavy atom. The largest absolute Gasteiger partial charge is 0.384 e. The second-order valence-corrected chi connectivity index (χ2v) is 8.10. The van der Waals surface area contributed by atoms with Crippen LogP contribution in [0.4, 0.5) is 5.95 Å². The van der Waals surface area contributed by atoms with Crippen molar-refractivity contribution in [3.8, 4) is 17.3 Å². The first-order valence-corrected chi connectivity index (χ1v) is 9.67. The summed E-state index contributed by atoms with van der Waals surface area (Å²) in [7, 11) is 0. The smallest absolute Gasteiger partial charge is 0.223 e. The number of allylic oxidation sites excluding steroid dienone is 1. The van der Waals surface area contributed by atoms with Crippen molar-refractivity contribution >= 4 is 22.9 Å². The van der Waals surface area contributed by atoms with Crippen LogP contribution in [0.5, 0.6) is 0 Å². The maximum Gasteiger partial charge on any atom is 0.223 e. The zero-order valence-electron chi connectivity index (χ0n) is 16.7. The Kier molecular flexibility index (Phi) is 4.81. The molecule has 0 aliphatic carbocycles. The molecular formula is C23H24N6. The van der Waals surface area contributed by atoms with E-state index >= 15 is 0 Å². The Hall–Kier alpha value is -3.59. The molecule has 146 valence electrons. The molecule has 29 heavy (non-hydrogen) atoms. The molecular weight excluding hydrogens is 360 g/mol. The highest BCUT2D eigenvalue weighted by Gasteiger charge is 2.29. The van der Waals surface area contributed by atoms with Crippen LogP contribution in [-0.2, 0) is 0 Å². The lowest BCUT2D eigenvalue weighted by molar-refractivity contribution is 0.324. The summed E-state index contributed by atoms with van der Waals surface area (Å²) in [5.74, 6) is 0.626. The summed E-state index contributed by atoms with van der Waals surface area (Å²) in [4.78, 5) is 12.5. The van der Waals surface area contributed by atoms with Gasteiger partial charge in [-0.25, -0.2) is 9.97 Å². The first-order valence-electron chi connectivity index (χ1n) is 9.67. The van der Waals surface area contributed by atoms with Crippen LogP contribution in [0.2, 0.25) is 0 Å². The van der Waals surface area contributed by atoms with E-state index in [1.807, 2.05) is 36.5 Å². The van der Waals surface area contributed by atoms with Gasteiger partial charge in [0.15, 0.2) is 0 Å². The van der Waals surface area contributed by atoms with Crippen molar-refractivity contribution < 1.29 is 0 Å². The molecule has 1 saturated heterocycles. The van der Waals surface area contributed by atoms with Gasteiger partial charge in [0, 0.05) is 58.6 Å². The minimum Gasteiger partial charge on any atom is -0.384 e. The molecule has 0 bridgehead atoms. The molecule has 6 nitrogen and oxygen atoms in total. The van der Waals surface area contributed by atoms with Crippen molar-refractivity contribution in [2.24, 2.45) is 0 Å². The third kappa shape index (κ3) is 4.14. The standard InChI is InChI=1S/C23H24N6/c1-15-11-17(13-23(2,3)29-15)27-22-25-10-8-20(28-22)19-14-26-21-12-16(5-4-9-24)6-7-18(19)21/h4-8,10,12,14,17,26,29H,1,11,13H2,2-3H3,(H,25,27,28)/b5-4+. The minimum absolute atomic E-state index is 0.000843. The van der Waals surface area contributed by atoms with Gasteiger partial charge in [-0.15, -0.1) is 0 Å². The van der Waals surface area contributed by atoms with Gasteiger partial charge < -0.3 is 15.6 Å². The van der Waals surface area contributed by atoms with Crippen LogP contribution in [0.3, 0.4) is 0 Å². The molecule has 3 heterocycles. The summed E-state index contributed by atoms with van der Waals surface area (Å²) in [6.45, 7) is 8.45. The van der Waals surface area contributed by atoms with Gasteiger partial charge in [0.2, 0.25) is 5.95 Å². The lowest BCUT2D eigenvalue weighted by Gasteiger charge is -2.38. The number of aromatic amines is 1. The number of fused-ring (bicyclic) bond motifs is 1. The molecule has 4 rings (SSSR count). The lowest BCUT2D eigenvalue weighted by Crippen LogP contribution is -2.48. The Labute approximate surface area is 170 Å². The number of piperidine rings is 1. The lowest BCUT2D eigenvalue weighted by atomic mass is 9.88. The molecule has 1 aliphatic rings. The maximum absolute atomic E-state index is 8.71. The van der Waals surface area contributed by atoms with Crippen molar-refractivity contribution in [1.29, 1.82) is 5.26 Å². The average Bonchev–Trinajstić information content (AvgIpc) is 3.08. The highest BCUT2D eigenvalue weighted by atomic mass is 15.1. The number of rotatable bonds is 4. The molecule has 1 atom stereocenters. The van der Waals surface area contributed by atoms with Gasteiger partial charge in [-0.05, 0) is 44.0 Å². The predicted octanol–water partition coefficient (Wildman–Crippen LogP) is 4.62. The predicted molar refractivity (Wildman–Crippen MR) is 117 cm³/mol. The molecule has 0 amide bonds. The molecule has 1 aromatic carbocycles. The average molecular weight is 384 g/mol. The van der Waals surface area contributed by atoms with Crippen LogP contribution in [0.1, 0.15) is 32.3 Å². The van der Waals surface area contributed by atoms with E-state index in [9.17, 15) is 0 Å². The van der Waals surface area contributed by atoms with Crippen LogP contribution in [0, 0.1) is 11.3 Å². The van der Waals surface area contributed by atoms with Gasteiger partial charge in [0.05, 0.1) is 11.8 Å². The number of nitrogens with one attached hydrogen (secondary N) is 3. The number of anilines is 1. The normalized spacial score (nSPS) is 18.5. The SMILES string of the molecule is C=C1CC(Nc2nccc(-c3c[nH]c4cc(/C=C/C#N)ccc34)n2)CC(C)(C)N1. The van der Waals surface area contributed by atoms with E-state index in [0.29, 0.717) is 5.95 Å². The van der Waals surface area contributed by atoms with Gasteiger partial charge in [0.1, 0.15) is 0 Å². The molecule has 1 unspecified atom stereocenters. The van der Waals surface area contributed by atoms with Gasteiger partial charge in [-0.3, -0.25) is 0 Å². The van der Waals surface area contributed by atoms with Gasteiger partial charge in [-0.2, -0.15) is 5.26 Å². The quantitative estimate of drug-likeness (QED) is 0.571. The highest BCUT2D eigenvalue weighted by Crippen LogP contribution is 2.29. The van der Waals surface area contributed by atoms with E-state index in [1.165, 1.54) is 6.08 Å². The minimum atomic E-state index is -0.000843. The molecule has 0 spiro atoms. The summed E-state index contributed by atoms with van der Waals surface area (Å²) in [6.07, 6.45) is 8.83. The summed E-state index contributed by atoms with van der Waals surface area (Å²) in [6, 6.07) is 10.2. The third-order valence-corrected chi connectivity index (χ3v) is 5.09. The van der Waals surface area contributed by atoms with Gasteiger partial charge in [0.25, 0.3) is 0 Å². The Balaban J connectivity index is 1.60. The van der Waals surface area contributed by atoms with Crippen molar-refractivity contribution in [2.45, 2.75) is 38.3 Å².